The van der Waals surface area contributed by atoms with E-state index in [9.17, 15) is 4.79 Å². The third-order valence-corrected chi connectivity index (χ3v) is 6.15. The molecule has 1 unspecified atom stereocenters. The fourth-order valence-corrected chi connectivity index (χ4v) is 4.71. The number of thiazole rings is 1. The molecule has 3 aromatic rings. The normalized spacial score (nSPS) is 16.8. The molecular weight excluding hydrogens is 326 g/mol. The number of nitrogens with zero attached hydrogens (tertiary/aromatic N) is 2. The van der Waals surface area contributed by atoms with Crippen LogP contribution in [0.5, 0.6) is 0 Å². The predicted molar refractivity (Wildman–Crippen MR) is 95.3 cm³/mol. The van der Waals surface area contributed by atoms with E-state index in [4.69, 9.17) is 0 Å². The van der Waals surface area contributed by atoms with Crippen molar-refractivity contribution in [1.29, 1.82) is 0 Å². The molecule has 0 saturated heterocycles. The SMILES string of the molecule is O=C(CSc1nc2cnccc2s1)C1CCc2ccccc2N1. The second-order valence-corrected chi connectivity index (χ2v) is 7.72. The van der Waals surface area contributed by atoms with Crippen molar-refractivity contribution in [2.45, 2.75) is 23.2 Å². The Labute approximate surface area is 142 Å². The Bertz CT molecular complexity index is 829. The molecule has 1 aliphatic rings. The van der Waals surface area contributed by atoms with Crippen molar-refractivity contribution in [1.82, 2.24) is 9.97 Å². The van der Waals surface area contributed by atoms with Gasteiger partial charge < -0.3 is 5.32 Å². The summed E-state index contributed by atoms with van der Waals surface area (Å²) in [5.74, 6) is 0.689. The third kappa shape index (κ3) is 3.09. The minimum Gasteiger partial charge on any atom is -0.375 e. The minimum absolute atomic E-state index is 0.0894. The van der Waals surface area contributed by atoms with Gasteiger partial charge in [0.15, 0.2) is 10.1 Å². The minimum atomic E-state index is -0.0894. The van der Waals surface area contributed by atoms with Crippen LogP contribution in [0.25, 0.3) is 10.2 Å². The number of aromatic nitrogens is 2. The highest BCUT2D eigenvalue weighted by atomic mass is 32.2. The van der Waals surface area contributed by atoms with Gasteiger partial charge in [0.05, 0.1) is 22.7 Å². The second-order valence-electron chi connectivity index (χ2n) is 5.47. The number of anilines is 1. The molecule has 4 rings (SSSR count). The predicted octanol–water partition coefficient (Wildman–Crippen LogP) is 3.78. The zero-order chi connectivity index (χ0) is 15.6. The third-order valence-electron chi connectivity index (χ3n) is 3.95. The van der Waals surface area contributed by atoms with E-state index in [1.54, 1.807) is 23.7 Å². The number of thioether (sulfide) groups is 1. The summed E-state index contributed by atoms with van der Waals surface area (Å²) in [4.78, 5) is 21.1. The lowest BCUT2D eigenvalue weighted by atomic mass is 9.96. The first-order valence-electron chi connectivity index (χ1n) is 7.50. The number of Topliss-reactive ketones (excluding diaryl/α,β-unsaturated/α-hetero) is 1. The van der Waals surface area contributed by atoms with Crippen LogP contribution in [0.2, 0.25) is 0 Å². The molecule has 116 valence electrons. The topological polar surface area (TPSA) is 54.9 Å². The molecule has 1 aromatic carbocycles. The summed E-state index contributed by atoms with van der Waals surface area (Å²) in [7, 11) is 0. The van der Waals surface area contributed by atoms with E-state index in [2.05, 4.69) is 21.4 Å². The zero-order valence-corrected chi connectivity index (χ0v) is 14.0. The zero-order valence-electron chi connectivity index (χ0n) is 12.4. The fraction of sp³-hybridized carbons (Fsp3) is 0.235. The molecule has 4 nitrogen and oxygen atoms in total. The molecule has 1 aliphatic heterocycles. The van der Waals surface area contributed by atoms with Gasteiger partial charge in [-0.3, -0.25) is 9.78 Å². The fourth-order valence-electron chi connectivity index (χ4n) is 2.73. The van der Waals surface area contributed by atoms with Gasteiger partial charge in [-0.25, -0.2) is 4.98 Å². The van der Waals surface area contributed by atoms with Crippen molar-refractivity contribution in [3.63, 3.8) is 0 Å². The Kier molecular flexibility index (Phi) is 4.01. The summed E-state index contributed by atoms with van der Waals surface area (Å²) >= 11 is 3.13. The highest BCUT2D eigenvalue weighted by Crippen LogP contribution is 2.30. The molecule has 0 radical (unpaired) electrons. The van der Waals surface area contributed by atoms with Gasteiger partial charge in [-0.1, -0.05) is 30.0 Å². The van der Waals surface area contributed by atoms with E-state index < -0.39 is 0 Å². The number of rotatable bonds is 4. The molecule has 0 bridgehead atoms. The van der Waals surface area contributed by atoms with Crippen LogP contribution < -0.4 is 5.32 Å². The highest BCUT2D eigenvalue weighted by molar-refractivity contribution is 8.01. The lowest BCUT2D eigenvalue weighted by Gasteiger charge is -2.25. The molecule has 1 N–H and O–H groups in total. The molecular formula is C17H15N3OS2. The average molecular weight is 341 g/mol. The van der Waals surface area contributed by atoms with Gasteiger partial charge in [-0.15, -0.1) is 11.3 Å². The molecule has 0 fully saturated rings. The Hall–Kier alpha value is -1.92. The van der Waals surface area contributed by atoms with Crippen molar-refractivity contribution in [2.75, 3.05) is 11.1 Å². The summed E-state index contributed by atoms with van der Waals surface area (Å²) in [5, 5.41) is 3.37. The second kappa shape index (κ2) is 6.29. The Morgan fingerprint density at radius 2 is 2.26 bits per heavy atom. The summed E-state index contributed by atoms with van der Waals surface area (Å²) in [6.07, 6.45) is 5.35. The molecule has 1 atom stereocenters. The largest absolute Gasteiger partial charge is 0.375 e. The van der Waals surface area contributed by atoms with Crippen LogP contribution in [0.3, 0.4) is 0 Å². The van der Waals surface area contributed by atoms with Crippen molar-refractivity contribution in [3.8, 4) is 0 Å². The van der Waals surface area contributed by atoms with Crippen molar-refractivity contribution in [3.05, 3.63) is 48.3 Å². The molecule has 0 saturated carbocycles. The number of fused-ring (bicyclic) bond motifs is 2. The quantitative estimate of drug-likeness (QED) is 0.732. The van der Waals surface area contributed by atoms with E-state index in [-0.39, 0.29) is 11.8 Å². The molecule has 3 heterocycles. The first kappa shape index (κ1) is 14.7. The number of para-hydroxylation sites is 1. The van der Waals surface area contributed by atoms with Gasteiger partial charge in [0.2, 0.25) is 0 Å². The highest BCUT2D eigenvalue weighted by Gasteiger charge is 2.23. The Morgan fingerprint density at radius 1 is 1.35 bits per heavy atom. The summed E-state index contributed by atoms with van der Waals surface area (Å²) in [6, 6.07) is 10.1. The number of hydrogen-bond donors (Lipinski definition) is 1. The van der Waals surface area contributed by atoms with Crippen molar-refractivity contribution < 1.29 is 4.79 Å². The van der Waals surface area contributed by atoms with E-state index in [1.165, 1.54) is 17.3 Å². The lowest BCUT2D eigenvalue weighted by Crippen LogP contribution is -2.34. The number of aryl methyl sites for hydroxylation is 1. The summed E-state index contributed by atoms with van der Waals surface area (Å²) in [5.41, 5.74) is 3.29. The first-order chi connectivity index (χ1) is 11.3. The van der Waals surface area contributed by atoms with Crippen molar-refractivity contribution >= 4 is 44.8 Å². The number of hydrogen-bond acceptors (Lipinski definition) is 6. The number of pyridine rings is 1. The van der Waals surface area contributed by atoms with Crippen molar-refractivity contribution in [2.24, 2.45) is 0 Å². The van der Waals surface area contributed by atoms with Crippen LogP contribution in [0.15, 0.2) is 47.1 Å². The number of carbonyl (C=O) groups is 1. The Balaban J connectivity index is 1.40. The molecule has 2 aromatic heterocycles. The van der Waals surface area contributed by atoms with E-state index >= 15 is 0 Å². The number of ketones is 1. The molecule has 23 heavy (non-hydrogen) atoms. The van der Waals surface area contributed by atoms with Gasteiger partial charge in [0, 0.05) is 11.9 Å². The maximum absolute atomic E-state index is 12.5. The molecule has 0 amide bonds. The van der Waals surface area contributed by atoms with Crippen LogP contribution in [0.1, 0.15) is 12.0 Å². The number of nitrogens with one attached hydrogen (secondary N) is 1. The van der Waals surface area contributed by atoms with E-state index in [1.807, 2.05) is 24.3 Å². The molecule has 6 heteroatoms. The Morgan fingerprint density at radius 3 is 3.17 bits per heavy atom. The number of benzene rings is 1. The van der Waals surface area contributed by atoms with Crippen LogP contribution >= 0.6 is 23.1 Å². The summed E-state index contributed by atoms with van der Waals surface area (Å²) < 4.78 is 2.04. The van der Waals surface area contributed by atoms with E-state index in [0.29, 0.717) is 5.75 Å². The average Bonchev–Trinajstić information content (AvgIpc) is 3.02. The van der Waals surface area contributed by atoms with Gasteiger partial charge in [-0.2, -0.15) is 0 Å². The van der Waals surface area contributed by atoms with Crippen LogP contribution in [0, 0.1) is 0 Å². The van der Waals surface area contributed by atoms with Gasteiger partial charge >= 0.3 is 0 Å². The maximum Gasteiger partial charge on any atom is 0.165 e. The smallest absolute Gasteiger partial charge is 0.165 e. The molecule has 0 aliphatic carbocycles. The standard InChI is InChI=1S/C17H15N3OS2/c21-15(13-6-5-11-3-1-2-4-12(11)19-13)10-22-17-20-14-9-18-8-7-16(14)23-17/h1-4,7-9,13,19H,5-6,10H2. The van der Waals surface area contributed by atoms with Crippen LogP contribution in [-0.4, -0.2) is 27.5 Å². The first-order valence-corrected chi connectivity index (χ1v) is 9.30. The monoisotopic (exact) mass is 341 g/mol. The number of carbonyl (C=O) groups excluding carboxylic acids is 1. The van der Waals surface area contributed by atoms with E-state index in [0.717, 1.165) is 33.1 Å². The molecule has 0 spiro atoms. The summed E-state index contributed by atoms with van der Waals surface area (Å²) in [6.45, 7) is 0. The van der Waals surface area contributed by atoms with Gasteiger partial charge in [-0.05, 0) is 30.5 Å². The van der Waals surface area contributed by atoms with Crippen LogP contribution in [-0.2, 0) is 11.2 Å². The maximum atomic E-state index is 12.5. The van der Waals surface area contributed by atoms with Gasteiger partial charge in [0.25, 0.3) is 0 Å². The van der Waals surface area contributed by atoms with Gasteiger partial charge in [0.1, 0.15) is 5.52 Å². The van der Waals surface area contributed by atoms with Crippen LogP contribution in [0.4, 0.5) is 5.69 Å². The lowest BCUT2D eigenvalue weighted by molar-refractivity contribution is -0.117.